The van der Waals surface area contributed by atoms with E-state index in [9.17, 15) is 4.79 Å². The predicted octanol–water partition coefficient (Wildman–Crippen LogP) is 3.14. The summed E-state index contributed by atoms with van der Waals surface area (Å²) in [6.45, 7) is 2.07. The van der Waals surface area contributed by atoms with Crippen molar-refractivity contribution in [1.82, 2.24) is 0 Å². The Labute approximate surface area is 114 Å². The van der Waals surface area contributed by atoms with Crippen LogP contribution in [0.15, 0.2) is 24.3 Å². The zero-order chi connectivity index (χ0) is 13.5. The van der Waals surface area contributed by atoms with Gasteiger partial charge in [0.25, 0.3) is 0 Å². The van der Waals surface area contributed by atoms with Gasteiger partial charge in [0.2, 0.25) is 0 Å². The SMILES string of the molecule is COC(=O)C1(Nc2ccc(C)cc2)CC2CCC1C2. The number of esters is 1. The number of nitrogens with one attached hydrogen (secondary N) is 1. The second-order valence-corrected chi connectivity index (χ2v) is 6.03. The van der Waals surface area contributed by atoms with Crippen LogP contribution in [0.5, 0.6) is 0 Å². The van der Waals surface area contributed by atoms with Gasteiger partial charge >= 0.3 is 5.97 Å². The molecule has 19 heavy (non-hydrogen) atoms. The van der Waals surface area contributed by atoms with E-state index >= 15 is 0 Å². The number of carbonyl (C=O) groups is 1. The lowest BCUT2D eigenvalue weighted by Crippen LogP contribution is -2.51. The summed E-state index contributed by atoms with van der Waals surface area (Å²) < 4.78 is 5.08. The summed E-state index contributed by atoms with van der Waals surface area (Å²) in [7, 11) is 1.49. The van der Waals surface area contributed by atoms with Gasteiger partial charge in [0, 0.05) is 5.69 Å². The summed E-state index contributed by atoms with van der Waals surface area (Å²) in [5.41, 5.74) is 1.75. The molecule has 0 aliphatic heterocycles. The fourth-order valence-electron chi connectivity index (χ4n) is 3.86. The van der Waals surface area contributed by atoms with Gasteiger partial charge in [-0.05, 0) is 56.6 Å². The van der Waals surface area contributed by atoms with Gasteiger partial charge in [-0.2, -0.15) is 0 Å². The van der Waals surface area contributed by atoms with Gasteiger partial charge in [-0.15, -0.1) is 0 Å². The average Bonchev–Trinajstić information content (AvgIpc) is 3.01. The molecule has 1 aromatic rings. The van der Waals surface area contributed by atoms with Crippen LogP contribution in [0, 0.1) is 18.8 Å². The molecule has 102 valence electrons. The zero-order valence-electron chi connectivity index (χ0n) is 11.6. The summed E-state index contributed by atoms with van der Waals surface area (Å²) in [5.74, 6) is 1.01. The van der Waals surface area contributed by atoms with E-state index in [0.717, 1.165) is 24.9 Å². The minimum Gasteiger partial charge on any atom is -0.467 e. The van der Waals surface area contributed by atoms with Gasteiger partial charge in [0.05, 0.1) is 7.11 Å². The zero-order valence-corrected chi connectivity index (χ0v) is 11.6. The lowest BCUT2D eigenvalue weighted by molar-refractivity contribution is -0.148. The second-order valence-electron chi connectivity index (χ2n) is 6.03. The Bertz CT molecular complexity index is 482. The lowest BCUT2D eigenvalue weighted by Gasteiger charge is -2.36. The van der Waals surface area contributed by atoms with Crippen molar-refractivity contribution < 1.29 is 9.53 Å². The molecule has 3 atom stereocenters. The highest BCUT2D eigenvalue weighted by Gasteiger charge is 2.56. The Morgan fingerprint density at radius 2 is 2.05 bits per heavy atom. The normalized spacial score (nSPS) is 32.3. The molecule has 0 heterocycles. The maximum atomic E-state index is 12.3. The number of methoxy groups -OCH3 is 1. The van der Waals surface area contributed by atoms with Crippen LogP contribution >= 0.6 is 0 Å². The Hall–Kier alpha value is -1.51. The molecule has 0 spiro atoms. The van der Waals surface area contributed by atoms with Crippen molar-refractivity contribution in [2.24, 2.45) is 11.8 Å². The number of benzene rings is 1. The summed E-state index contributed by atoms with van der Waals surface area (Å²) in [6, 6.07) is 8.24. The number of anilines is 1. The fourth-order valence-corrected chi connectivity index (χ4v) is 3.86. The van der Waals surface area contributed by atoms with E-state index in [1.54, 1.807) is 0 Å². The minimum absolute atomic E-state index is 0.0970. The maximum absolute atomic E-state index is 12.3. The summed E-state index contributed by atoms with van der Waals surface area (Å²) >= 11 is 0. The van der Waals surface area contributed by atoms with Gasteiger partial charge in [-0.3, -0.25) is 0 Å². The van der Waals surface area contributed by atoms with Crippen LogP contribution in [0.4, 0.5) is 5.69 Å². The number of aryl methyl sites for hydroxylation is 1. The molecule has 0 amide bonds. The highest BCUT2D eigenvalue weighted by Crippen LogP contribution is 2.52. The number of rotatable bonds is 3. The van der Waals surface area contributed by atoms with Crippen LogP contribution in [0.2, 0.25) is 0 Å². The van der Waals surface area contributed by atoms with E-state index in [2.05, 4.69) is 24.4 Å². The van der Waals surface area contributed by atoms with Crippen molar-refractivity contribution in [2.75, 3.05) is 12.4 Å². The van der Waals surface area contributed by atoms with E-state index in [-0.39, 0.29) is 5.97 Å². The van der Waals surface area contributed by atoms with Crippen molar-refractivity contribution in [3.8, 4) is 0 Å². The molecule has 3 heteroatoms. The second kappa shape index (κ2) is 4.55. The average molecular weight is 259 g/mol. The third-order valence-electron chi connectivity index (χ3n) is 4.82. The third-order valence-corrected chi connectivity index (χ3v) is 4.82. The number of fused-ring (bicyclic) bond motifs is 2. The molecular formula is C16H21NO2. The monoisotopic (exact) mass is 259 g/mol. The topological polar surface area (TPSA) is 38.3 Å². The van der Waals surface area contributed by atoms with E-state index in [4.69, 9.17) is 4.74 Å². The molecule has 2 fully saturated rings. The lowest BCUT2D eigenvalue weighted by atomic mass is 9.80. The fraction of sp³-hybridized carbons (Fsp3) is 0.562. The first kappa shape index (κ1) is 12.5. The van der Waals surface area contributed by atoms with Gasteiger partial charge in [-0.1, -0.05) is 17.7 Å². The maximum Gasteiger partial charge on any atom is 0.331 e. The van der Waals surface area contributed by atoms with Crippen molar-refractivity contribution in [2.45, 2.75) is 38.1 Å². The molecule has 0 aromatic heterocycles. The Morgan fingerprint density at radius 1 is 1.32 bits per heavy atom. The number of ether oxygens (including phenoxy) is 1. The Kier molecular flexibility index (Phi) is 3.00. The molecule has 2 aliphatic carbocycles. The van der Waals surface area contributed by atoms with Crippen molar-refractivity contribution in [3.63, 3.8) is 0 Å². The quantitative estimate of drug-likeness (QED) is 0.847. The van der Waals surface area contributed by atoms with Crippen LogP contribution in [-0.2, 0) is 9.53 Å². The van der Waals surface area contributed by atoms with Crippen LogP contribution in [0.3, 0.4) is 0 Å². The minimum atomic E-state index is -0.493. The number of hydrogen-bond donors (Lipinski definition) is 1. The van der Waals surface area contributed by atoms with Gasteiger partial charge < -0.3 is 10.1 Å². The van der Waals surface area contributed by atoms with Crippen LogP contribution in [0.1, 0.15) is 31.2 Å². The Balaban J connectivity index is 1.88. The van der Waals surface area contributed by atoms with Crippen molar-refractivity contribution in [1.29, 1.82) is 0 Å². The molecule has 2 saturated carbocycles. The van der Waals surface area contributed by atoms with E-state index in [1.165, 1.54) is 19.1 Å². The first-order valence-corrected chi connectivity index (χ1v) is 7.07. The summed E-state index contributed by atoms with van der Waals surface area (Å²) in [4.78, 5) is 12.3. The largest absolute Gasteiger partial charge is 0.467 e. The Morgan fingerprint density at radius 3 is 2.58 bits per heavy atom. The molecule has 1 N–H and O–H groups in total. The molecule has 3 nitrogen and oxygen atoms in total. The third kappa shape index (κ3) is 2.01. The van der Waals surface area contributed by atoms with E-state index in [1.807, 2.05) is 12.1 Å². The molecular weight excluding hydrogens is 238 g/mol. The standard InChI is InChI=1S/C16H21NO2/c1-11-3-7-14(8-4-11)17-16(15(18)19-2)10-12-5-6-13(16)9-12/h3-4,7-8,12-13,17H,5-6,9-10H2,1-2H3. The number of hydrogen-bond acceptors (Lipinski definition) is 3. The molecule has 0 radical (unpaired) electrons. The van der Waals surface area contributed by atoms with Crippen LogP contribution in [-0.4, -0.2) is 18.6 Å². The molecule has 2 aliphatic rings. The van der Waals surface area contributed by atoms with E-state index < -0.39 is 5.54 Å². The van der Waals surface area contributed by atoms with Gasteiger partial charge in [-0.25, -0.2) is 4.79 Å². The molecule has 1 aromatic carbocycles. The van der Waals surface area contributed by atoms with Crippen molar-refractivity contribution >= 4 is 11.7 Å². The summed E-state index contributed by atoms with van der Waals surface area (Å²) in [6.07, 6.45) is 4.48. The van der Waals surface area contributed by atoms with E-state index in [0.29, 0.717) is 11.8 Å². The first-order chi connectivity index (χ1) is 9.14. The first-order valence-electron chi connectivity index (χ1n) is 7.07. The molecule has 3 unspecified atom stereocenters. The van der Waals surface area contributed by atoms with Crippen LogP contribution < -0.4 is 5.32 Å². The van der Waals surface area contributed by atoms with Gasteiger partial charge in [0.1, 0.15) is 5.54 Å². The van der Waals surface area contributed by atoms with Gasteiger partial charge in [0.15, 0.2) is 0 Å². The molecule has 2 bridgehead atoms. The highest BCUT2D eigenvalue weighted by molar-refractivity contribution is 5.85. The smallest absolute Gasteiger partial charge is 0.331 e. The highest BCUT2D eigenvalue weighted by atomic mass is 16.5. The molecule has 3 rings (SSSR count). The summed E-state index contributed by atoms with van der Waals surface area (Å²) in [5, 5.41) is 3.49. The number of carbonyl (C=O) groups excluding carboxylic acids is 1. The van der Waals surface area contributed by atoms with Crippen LogP contribution in [0.25, 0.3) is 0 Å². The predicted molar refractivity (Wildman–Crippen MR) is 75.0 cm³/mol. The molecule has 0 saturated heterocycles. The van der Waals surface area contributed by atoms with Crippen molar-refractivity contribution in [3.05, 3.63) is 29.8 Å².